The number of nitrogens with two attached hydrogens (primary N) is 1. The summed E-state index contributed by atoms with van der Waals surface area (Å²) in [4.78, 5) is 21.2. The van der Waals surface area contributed by atoms with Crippen LogP contribution < -0.4 is 5.73 Å². The van der Waals surface area contributed by atoms with E-state index < -0.39 is 5.41 Å². The van der Waals surface area contributed by atoms with Crippen molar-refractivity contribution in [1.82, 2.24) is 20.2 Å². The largest absolute Gasteiger partial charge is 0.369 e. The summed E-state index contributed by atoms with van der Waals surface area (Å²) in [6.07, 6.45) is 9.54. The van der Waals surface area contributed by atoms with Crippen molar-refractivity contribution in [1.29, 1.82) is 0 Å². The second kappa shape index (κ2) is 5.15. The summed E-state index contributed by atoms with van der Waals surface area (Å²) in [5.74, 6) is -0.342. The molecule has 2 atom stereocenters. The molecule has 1 aliphatic carbocycles. The van der Waals surface area contributed by atoms with Crippen molar-refractivity contribution in [2.45, 2.75) is 30.6 Å². The van der Waals surface area contributed by atoms with Crippen LogP contribution in [0.3, 0.4) is 0 Å². The zero-order chi connectivity index (χ0) is 15.9. The van der Waals surface area contributed by atoms with Crippen LogP contribution in [0.15, 0.2) is 43.0 Å². The lowest BCUT2D eigenvalue weighted by atomic mass is 9.70. The normalized spacial score (nSPS) is 24.1. The number of H-pyrrole nitrogens is 1. The standard InChI is InChI=1S/C17H17N5O/c18-16(23)17(12-3-2-6-19-9-12)5-1-4-13(17)14-7-11-8-21-22-15(11)10-20-14/h2-3,6-10,13H,1,4-5H2,(H2,18,23)(H,21,22). The number of carbonyl (C=O) groups excluding carboxylic acids is 1. The van der Waals surface area contributed by atoms with Crippen LogP contribution in [-0.4, -0.2) is 26.1 Å². The SMILES string of the molecule is NC(=O)C1(c2cccnc2)CCCC1c1cc2cn[nH]c2cn1. The van der Waals surface area contributed by atoms with Crippen LogP contribution in [0, 0.1) is 0 Å². The van der Waals surface area contributed by atoms with E-state index in [0.717, 1.165) is 41.4 Å². The molecule has 1 amide bonds. The number of hydrogen-bond acceptors (Lipinski definition) is 4. The van der Waals surface area contributed by atoms with Crippen molar-refractivity contribution in [2.75, 3.05) is 0 Å². The molecule has 3 aromatic heterocycles. The Labute approximate surface area is 133 Å². The summed E-state index contributed by atoms with van der Waals surface area (Å²) in [6.45, 7) is 0. The Bertz CT molecular complexity index is 860. The fourth-order valence-electron chi connectivity index (χ4n) is 3.87. The smallest absolute Gasteiger partial charge is 0.228 e. The molecule has 6 nitrogen and oxygen atoms in total. The van der Waals surface area contributed by atoms with Crippen molar-refractivity contribution in [3.63, 3.8) is 0 Å². The van der Waals surface area contributed by atoms with Gasteiger partial charge in [-0.1, -0.05) is 12.5 Å². The molecular formula is C17H17N5O. The first kappa shape index (κ1) is 13.9. The van der Waals surface area contributed by atoms with Gasteiger partial charge in [-0.25, -0.2) is 0 Å². The van der Waals surface area contributed by atoms with Gasteiger partial charge >= 0.3 is 0 Å². The van der Waals surface area contributed by atoms with Crippen molar-refractivity contribution in [3.8, 4) is 0 Å². The highest BCUT2D eigenvalue weighted by Gasteiger charge is 2.50. The summed E-state index contributed by atoms with van der Waals surface area (Å²) >= 11 is 0. The van der Waals surface area contributed by atoms with Gasteiger partial charge in [-0.3, -0.25) is 19.9 Å². The van der Waals surface area contributed by atoms with E-state index in [9.17, 15) is 4.79 Å². The number of primary amides is 1. The molecule has 0 saturated heterocycles. The van der Waals surface area contributed by atoms with Gasteiger partial charge < -0.3 is 5.73 Å². The van der Waals surface area contributed by atoms with Crippen LogP contribution in [0.25, 0.3) is 10.9 Å². The molecule has 0 bridgehead atoms. The van der Waals surface area contributed by atoms with E-state index in [1.54, 1.807) is 24.8 Å². The summed E-state index contributed by atoms with van der Waals surface area (Å²) in [5.41, 5.74) is 7.79. The Kier molecular flexibility index (Phi) is 3.11. The quantitative estimate of drug-likeness (QED) is 0.773. The molecule has 0 spiro atoms. The summed E-state index contributed by atoms with van der Waals surface area (Å²) in [7, 11) is 0. The van der Waals surface area contributed by atoms with Gasteiger partial charge in [-0.15, -0.1) is 0 Å². The van der Waals surface area contributed by atoms with Gasteiger partial charge in [0.15, 0.2) is 0 Å². The van der Waals surface area contributed by atoms with Crippen LogP contribution in [0.1, 0.15) is 36.4 Å². The van der Waals surface area contributed by atoms with Gasteiger partial charge in [0, 0.05) is 29.4 Å². The number of fused-ring (bicyclic) bond motifs is 1. The van der Waals surface area contributed by atoms with E-state index >= 15 is 0 Å². The van der Waals surface area contributed by atoms with Gasteiger partial charge in [0.2, 0.25) is 5.91 Å². The Morgan fingerprint density at radius 3 is 3.04 bits per heavy atom. The molecule has 3 N–H and O–H groups in total. The molecular weight excluding hydrogens is 290 g/mol. The maximum atomic E-state index is 12.5. The highest BCUT2D eigenvalue weighted by Crippen LogP contribution is 2.50. The van der Waals surface area contributed by atoms with E-state index in [1.165, 1.54) is 0 Å². The first-order valence-corrected chi connectivity index (χ1v) is 7.71. The number of rotatable bonds is 3. The molecule has 3 aromatic rings. The molecule has 6 heteroatoms. The third-order valence-corrected chi connectivity index (χ3v) is 4.98. The topological polar surface area (TPSA) is 97.5 Å². The van der Waals surface area contributed by atoms with Gasteiger partial charge in [-0.05, 0) is 30.5 Å². The summed E-state index contributed by atoms with van der Waals surface area (Å²) < 4.78 is 0. The van der Waals surface area contributed by atoms with Gasteiger partial charge in [-0.2, -0.15) is 5.10 Å². The molecule has 0 radical (unpaired) electrons. The fourth-order valence-corrected chi connectivity index (χ4v) is 3.87. The highest BCUT2D eigenvalue weighted by molar-refractivity contribution is 5.88. The first-order chi connectivity index (χ1) is 11.2. The molecule has 116 valence electrons. The molecule has 0 aliphatic heterocycles. The Morgan fingerprint density at radius 2 is 2.26 bits per heavy atom. The number of aromatic amines is 1. The van der Waals surface area contributed by atoms with Crippen molar-refractivity contribution in [3.05, 3.63) is 54.2 Å². The lowest BCUT2D eigenvalue weighted by molar-refractivity contribution is -0.124. The van der Waals surface area contributed by atoms with Gasteiger partial charge in [0.05, 0.1) is 23.3 Å². The van der Waals surface area contributed by atoms with Crippen LogP contribution in [0.4, 0.5) is 0 Å². The van der Waals surface area contributed by atoms with Gasteiger partial charge in [0.1, 0.15) is 0 Å². The number of hydrogen-bond donors (Lipinski definition) is 2. The second-order valence-electron chi connectivity index (χ2n) is 6.09. The molecule has 3 heterocycles. The molecule has 23 heavy (non-hydrogen) atoms. The summed E-state index contributed by atoms with van der Waals surface area (Å²) in [6, 6.07) is 5.79. The lowest BCUT2D eigenvalue weighted by Gasteiger charge is -2.32. The lowest BCUT2D eigenvalue weighted by Crippen LogP contribution is -2.43. The number of aromatic nitrogens is 4. The minimum Gasteiger partial charge on any atom is -0.369 e. The third-order valence-electron chi connectivity index (χ3n) is 4.98. The highest BCUT2D eigenvalue weighted by atomic mass is 16.1. The predicted octanol–water partition coefficient (Wildman–Crippen LogP) is 2.04. The van der Waals surface area contributed by atoms with Crippen LogP contribution in [-0.2, 0) is 10.2 Å². The Morgan fingerprint density at radius 1 is 1.35 bits per heavy atom. The van der Waals surface area contributed by atoms with Gasteiger partial charge in [0.25, 0.3) is 0 Å². The minimum absolute atomic E-state index is 0.0384. The first-order valence-electron chi connectivity index (χ1n) is 7.71. The van der Waals surface area contributed by atoms with E-state index in [1.807, 2.05) is 18.2 Å². The van der Waals surface area contributed by atoms with Crippen molar-refractivity contribution >= 4 is 16.8 Å². The predicted molar refractivity (Wildman–Crippen MR) is 85.6 cm³/mol. The zero-order valence-electron chi connectivity index (χ0n) is 12.6. The second-order valence-corrected chi connectivity index (χ2v) is 6.09. The average molecular weight is 307 g/mol. The molecule has 4 rings (SSSR count). The van der Waals surface area contributed by atoms with Crippen molar-refractivity contribution < 1.29 is 4.79 Å². The van der Waals surface area contributed by atoms with Crippen molar-refractivity contribution in [2.24, 2.45) is 5.73 Å². The summed E-state index contributed by atoms with van der Waals surface area (Å²) in [5, 5.41) is 7.92. The van der Waals surface area contributed by atoms with Crippen LogP contribution in [0.5, 0.6) is 0 Å². The maximum absolute atomic E-state index is 12.5. The maximum Gasteiger partial charge on any atom is 0.228 e. The monoisotopic (exact) mass is 307 g/mol. The molecule has 1 fully saturated rings. The third kappa shape index (κ3) is 2.02. The zero-order valence-corrected chi connectivity index (χ0v) is 12.6. The Hall–Kier alpha value is -2.76. The molecule has 0 aromatic carbocycles. The minimum atomic E-state index is -0.737. The average Bonchev–Trinajstić information content (AvgIpc) is 3.22. The number of carbonyl (C=O) groups is 1. The molecule has 1 aliphatic rings. The van der Waals surface area contributed by atoms with E-state index in [4.69, 9.17) is 5.73 Å². The van der Waals surface area contributed by atoms with Crippen LogP contribution in [0.2, 0.25) is 0 Å². The van der Waals surface area contributed by atoms with E-state index in [-0.39, 0.29) is 11.8 Å². The van der Waals surface area contributed by atoms with Crippen LogP contribution >= 0.6 is 0 Å². The Balaban J connectivity index is 1.87. The fraction of sp³-hybridized carbons (Fsp3) is 0.294. The van der Waals surface area contributed by atoms with E-state index in [2.05, 4.69) is 20.2 Å². The van der Waals surface area contributed by atoms with E-state index in [0.29, 0.717) is 0 Å². The molecule has 1 saturated carbocycles. The number of amides is 1. The number of nitrogens with zero attached hydrogens (tertiary/aromatic N) is 3. The molecule has 2 unspecified atom stereocenters. The number of pyridine rings is 2. The number of nitrogens with one attached hydrogen (secondary N) is 1.